The number of aryl methyl sites for hydroxylation is 1. The van der Waals surface area contributed by atoms with Crippen LogP contribution in [-0.2, 0) is 6.42 Å². The quantitative estimate of drug-likeness (QED) is 0.699. The molecule has 17 heavy (non-hydrogen) atoms. The van der Waals surface area contributed by atoms with Crippen molar-refractivity contribution in [2.24, 2.45) is 11.7 Å². The first kappa shape index (κ1) is 14.7. The molecule has 0 aliphatic rings. The molecule has 2 atom stereocenters. The number of hydrogen-bond acceptors (Lipinski definition) is 2. The molecular weight excluding hydrogens is 226 g/mol. The smallest absolute Gasteiger partial charge is 0.0395 e. The molecule has 0 aliphatic carbocycles. The summed E-state index contributed by atoms with van der Waals surface area (Å²) in [5, 5.41) is 2.18. The van der Waals surface area contributed by atoms with E-state index >= 15 is 0 Å². The summed E-state index contributed by atoms with van der Waals surface area (Å²) in [6, 6.07) is 2.49. The summed E-state index contributed by atoms with van der Waals surface area (Å²) in [4.78, 5) is 1.42. The number of nitrogens with two attached hydrogens (primary N) is 1. The van der Waals surface area contributed by atoms with Gasteiger partial charge in [-0.1, -0.05) is 46.5 Å². The van der Waals surface area contributed by atoms with Crippen molar-refractivity contribution in [1.82, 2.24) is 0 Å². The molecule has 0 fully saturated rings. The third-order valence-electron chi connectivity index (χ3n) is 3.63. The minimum atomic E-state index is 0.256. The molecule has 0 aromatic carbocycles. The average molecular weight is 253 g/mol. The summed E-state index contributed by atoms with van der Waals surface area (Å²) < 4.78 is 0. The van der Waals surface area contributed by atoms with Gasteiger partial charge in [0.05, 0.1) is 0 Å². The largest absolute Gasteiger partial charge is 0.323 e. The van der Waals surface area contributed by atoms with Gasteiger partial charge in [0.25, 0.3) is 0 Å². The fraction of sp³-hybridized carbons (Fsp3) is 0.733. The summed E-state index contributed by atoms with van der Waals surface area (Å²) >= 11 is 1.83. The van der Waals surface area contributed by atoms with Crippen LogP contribution in [0.4, 0.5) is 0 Å². The Morgan fingerprint density at radius 3 is 2.65 bits per heavy atom. The predicted molar refractivity (Wildman–Crippen MR) is 78.5 cm³/mol. The van der Waals surface area contributed by atoms with E-state index in [0.29, 0.717) is 0 Å². The molecule has 0 aliphatic heterocycles. The third kappa shape index (κ3) is 4.44. The zero-order chi connectivity index (χ0) is 12.7. The molecule has 0 radical (unpaired) electrons. The lowest BCUT2D eigenvalue weighted by Crippen LogP contribution is -2.15. The van der Waals surface area contributed by atoms with Gasteiger partial charge in [0.1, 0.15) is 0 Å². The van der Waals surface area contributed by atoms with Crippen LogP contribution in [0.15, 0.2) is 11.4 Å². The molecule has 2 N–H and O–H groups in total. The number of rotatable bonds is 8. The molecule has 2 heteroatoms. The highest BCUT2D eigenvalue weighted by molar-refractivity contribution is 7.10. The zero-order valence-corrected chi connectivity index (χ0v) is 12.4. The first-order chi connectivity index (χ1) is 8.22. The zero-order valence-electron chi connectivity index (χ0n) is 11.5. The summed E-state index contributed by atoms with van der Waals surface area (Å²) in [6.07, 6.45) is 7.51. The standard InChI is InChI=1S/C15H27NS/c1-4-7-8-12(5-2)11-14(16)15-13(6-3)9-10-17-15/h9-10,12,14H,4-8,11,16H2,1-3H3. The van der Waals surface area contributed by atoms with E-state index in [0.717, 1.165) is 18.8 Å². The Kier molecular flexibility index (Phi) is 6.83. The van der Waals surface area contributed by atoms with E-state index in [1.807, 2.05) is 11.3 Å². The monoisotopic (exact) mass is 253 g/mol. The Bertz CT molecular complexity index is 306. The van der Waals surface area contributed by atoms with Gasteiger partial charge in [-0.15, -0.1) is 11.3 Å². The summed E-state index contributed by atoms with van der Waals surface area (Å²) in [6.45, 7) is 6.77. The van der Waals surface area contributed by atoms with Crippen LogP contribution in [0.3, 0.4) is 0 Å². The maximum absolute atomic E-state index is 6.37. The second-order valence-corrected chi connectivity index (χ2v) is 5.87. The Morgan fingerprint density at radius 1 is 1.29 bits per heavy atom. The molecule has 1 nitrogen and oxygen atoms in total. The van der Waals surface area contributed by atoms with Gasteiger partial charge in [-0.05, 0) is 35.8 Å². The molecule has 0 spiro atoms. The lowest BCUT2D eigenvalue weighted by molar-refractivity contribution is 0.390. The Labute approximate surface area is 110 Å². The number of hydrogen-bond donors (Lipinski definition) is 1. The highest BCUT2D eigenvalue weighted by Gasteiger charge is 2.16. The second-order valence-electron chi connectivity index (χ2n) is 4.92. The average Bonchev–Trinajstić information content (AvgIpc) is 2.82. The highest BCUT2D eigenvalue weighted by Crippen LogP contribution is 2.30. The van der Waals surface area contributed by atoms with E-state index in [-0.39, 0.29) is 6.04 Å². The van der Waals surface area contributed by atoms with Gasteiger partial charge in [0, 0.05) is 10.9 Å². The first-order valence-corrected chi connectivity index (χ1v) is 7.92. The van der Waals surface area contributed by atoms with Crippen molar-refractivity contribution in [3.63, 3.8) is 0 Å². The summed E-state index contributed by atoms with van der Waals surface area (Å²) in [5.74, 6) is 0.803. The van der Waals surface area contributed by atoms with Crippen LogP contribution in [-0.4, -0.2) is 0 Å². The molecular formula is C15H27NS. The normalized spacial score (nSPS) is 14.8. The fourth-order valence-corrected chi connectivity index (χ4v) is 3.43. The SMILES string of the molecule is CCCCC(CC)CC(N)c1sccc1CC. The molecule has 0 bridgehead atoms. The van der Waals surface area contributed by atoms with Crippen LogP contribution in [0.5, 0.6) is 0 Å². The van der Waals surface area contributed by atoms with Gasteiger partial charge in [0.15, 0.2) is 0 Å². The van der Waals surface area contributed by atoms with Crippen LogP contribution in [0.1, 0.15) is 69.4 Å². The van der Waals surface area contributed by atoms with Gasteiger partial charge >= 0.3 is 0 Å². The lowest BCUT2D eigenvalue weighted by Gasteiger charge is -2.19. The van der Waals surface area contributed by atoms with E-state index in [1.165, 1.54) is 36.1 Å². The van der Waals surface area contributed by atoms with Crippen molar-refractivity contribution >= 4 is 11.3 Å². The van der Waals surface area contributed by atoms with Gasteiger partial charge in [-0.25, -0.2) is 0 Å². The van der Waals surface area contributed by atoms with Crippen LogP contribution < -0.4 is 5.73 Å². The molecule has 1 heterocycles. The Balaban J connectivity index is 2.54. The minimum Gasteiger partial charge on any atom is -0.323 e. The molecule has 1 aromatic rings. The Morgan fingerprint density at radius 2 is 2.06 bits per heavy atom. The maximum Gasteiger partial charge on any atom is 0.0395 e. The van der Waals surface area contributed by atoms with Crippen LogP contribution >= 0.6 is 11.3 Å². The minimum absolute atomic E-state index is 0.256. The van der Waals surface area contributed by atoms with Crippen molar-refractivity contribution in [3.8, 4) is 0 Å². The van der Waals surface area contributed by atoms with E-state index in [4.69, 9.17) is 5.73 Å². The lowest BCUT2D eigenvalue weighted by atomic mass is 9.91. The summed E-state index contributed by atoms with van der Waals surface area (Å²) in [5.41, 5.74) is 7.83. The predicted octanol–water partition coefficient (Wildman–Crippen LogP) is 4.92. The van der Waals surface area contributed by atoms with E-state index in [2.05, 4.69) is 32.2 Å². The van der Waals surface area contributed by atoms with E-state index in [9.17, 15) is 0 Å². The molecule has 0 saturated heterocycles. The van der Waals surface area contributed by atoms with E-state index in [1.54, 1.807) is 0 Å². The van der Waals surface area contributed by atoms with Crippen molar-refractivity contribution in [2.45, 2.75) is 65.3 Å². The second kappa shape index (κ2) is 7.88. The van der Waals surface area contributed by atoms with Crippen molar-refractivity contribution in [2.75, 3.05) is 0 Å². The van der Waals surface area contributed by atoms with Gasteiger partial charge in [-0.2, -0.15) is 0 Å². The van der Waals surface area contributed by atoms with E-state index < -0.39 is 0 Å². The Hall–Kier alpha value is -0.340. The van der Waals surface area contributed by atoms with Crippen LogP contribution in [0.2, 0.25) is 0 Å². The molecule has 0 saturated carbocycles. The topological polar surface area (TPSA) is 26.0 Å². The highest BCUT2D eigenvalue weighted by atomic mass is 32.1. The third-order valence-corrected chi connectivity index (χ3v) is 4.72. The van der Waals surface area contributed by atoms with Crippen molar-refractivity contribution in [1.29, 1.82) is 0 Å². The van der Waals surface area contributed by atoms with Crippen LogP contribution in [0.25, 0.3) is 0 Å². The maximum atomic E-state index is 6.37. The summed E-state index contributed by atoms with van der Waals surface area (Å²) in [7, 11) is 0. The molecule has 1 aromatic heterocycles. The van der Waals surface area contributed by atoms with Crippen LogP contribution in [0, 0.1) is 5.92 Å². The number of thiophene rings is 1. The fourth-order valence-electron chi connectivity index (χ4n) is 2.41. The van der Waals surface area contributed by atoms with Crippen molar-refractivity contribution in [3.05, 3.63) is 21.9 Å². The molecule has 98 valence electrons. The van der Waals surface area contributed by atoms with Gasteiger partial charge in [-0.3, -0.25) is 0 Å². The molecule has 1 rings (SSSR count). The van der Waals surface area contributed by atoms with Gasteiger partial charge < -0.3 is 5.73 Å². The van der Waals surface area contributed by atoms with Crippen molar-refractivity contribution < 1.29 is 0 Å². The van der Waals surface area contributed by atoms with Gasteiger partial charge in [0.2, 0.25) is 0 Å². The molecule has 2 unspecified atom stereocenters. The first-order valence-electron chi connectivity index (χ1n) is 7.04. The molecule has 0 amide bonds. The number of unbranched alkanes of at least 4 members (excludes halogenated alkanes) is 1.